The summed E-state index contributed by atoms with van der Waals surface area (Å²) < 4.78 is 12.9. The first-order valence-electron chi connectivity index (χ1n) is 8.62. The summed E-state index contributed by atoms with van der Waals surface area (Å²) in [5, 5.41) is 13.5. The van der Waals surface area contributed by atoms with Crippen LogP contribution in [0.5, 0.6) is 0 Å². The van der Waals surface area contributed by atoms with E-state index < -0.39 is 6.10 Å². The summed E-state index contributed by atoms with van der Waals surface area (Å²) in [4.78, 5) is 13.6. The largest absolute Gasteiger partial charge is 0.387 e. The van der Waals surface area contributed by atoms with E-state index in [-0.39, 0.29) is 17.8 Å². The number of anilines is 1. The number of nitrogens with zero attached hydrogens (tertiary/aromatic N) is 1. The van der Waals surface area contributed by atoms with E-state index in [0.717, 1.165) is 24.2 Å². The van der Waals surface area contributed by atoms with Crippen LogP contribution in [0.4, 0.5) is 10.1 Å². The van der Waals surface area contributed by atoms with Crippen molar-refractivity contribution in [3.8, 4) is 0 Å². The zero-order valence-corrected chi connectivity index (χ0v) is 14.3. The lowest BCUT2D eigenvalue weighted by atomic mass is 10.1. The van der Waals surface area contributed by atoms with Gasteiger partial charge in [0.1, 0.15) is 5.82 Å². The number of nitrogens with one attached hydrogen (secondary N) is 1. The van der Waals surface area contributed by atoms with Gasteiger partial charge in [0.25, 0.3) is 0 Å². The van der Waals surface area contributed by atoms with Gasteiger partial charge in [-0.3, -0.25) is 4.79 Å². The lowest BCUT2D eigenvalue weighted by Gasteiger charge is -2.20. The molecule has 0 aromatic heterocycles. The Morgan fingerprint density at radius 2 is 1.76 bits per heavy atom. The van der Waals surface area contributed by atoms with Gasteiger partial charge < -0.3 is 15.3 Å². The Labute approximate surface area is 147 Å². The monoisotopic (exact) mass is 342 g/mol. The van der Waals surface area contributed by atoms with Crippen molar-refractivity contribution in [1.82, 2.24) is 5.32 Å². The fourth-order valence-corrected chi connectivity index (χ4v) is 3.07. The molecule has 4 nitrogen and oxygen atoms in total. The van der Waals surface area contributed by atoms with Gasteiger partial charge in [-0.1, -0.05) is 24.3 Å². The van der Waals surface area contributed by atoms with Gasteiger partial charge in [0.05, 0.1) is 6.10 Å². The molecule has 1 fully saturated rings. The van der Waals surface area contributed by atoms with Crippen LogP contribution >= 0.6 is 0 Å². The maximum Gasteiger partial charge on any atom is 0.227 e. The van der Waals surface area contributed by atoms with Crippen molar-refractivity contribution >= 4 is 11.6 Å². The summed E-state index contributed by atoms with van der Waals surface area (Å²) >= 11 is 0. The maximum absolute atomic E-state index is 12.9. The predicted octanol–water partition coefficient (Wildman–Crippen LogP) is 3.34. The molecule has 0 radical (unpaired) electrons. The number of aliphatic hydroxyl groups excluding tert-OH is 1. The van der Waals surface area contributed by atoms with Gasteiger partial charge >= 0.3 is 0 Å². The first-order valence-corrected chi connectivity index (χ1v) is 8.62. The molecule has 0 aliphatic carbocycles. The third-order valence-corrected chi connectivity index (χ3v) is 4.65. The van der Waals surface area contributed by atoms with Gasteiger partial charge in [-0.05, 0) is 48.7 Å². The van der Waals surface area contributed by atoms with E-state index >= 15 is 0 Å². The van der Waals surface area contributed by atoms with Crippen molar-refractivity contribution in [1.29, 1.82) is 0 Å². The second kappa shape index (κ2) is 7.76. The van der Waals surface area contributed by atoms with E-state index in [2.05, 4.69) is 5.32 Å². The summed E-state index contributed by atoms with van der Waals surface area (Å²) in [6.07, 6.45) is 0.852. The van der Waals surface area contributed by atoms with Crippen molar-refractivity contribution in [2.45, 2.75) is 31.9 Å². The maximum atomic E-state index is 12.9. The molecule has 1 amide bonds. The molecule has 1 heterocycles. The molecule has 2 aromatic rings. The van der Waals surface area contributed by atoms with Crippen molar-refractivity contribution in [2.24, 2.45) is 0 Å². The normalized spacial score (nSPS) is 16.9. The molecule has 1 saturated heterocycles. The number of carbonyl (C=O) groups is 1. The zero-order valence-electron chi connectivity index (χ0n) is 14.3. The molecule has 5 heteroatoms. The van der Waals surface area contributed by atoms with Crippen molar-refractivity contribution < 1.29 is 14.3 Å². The lowest BCUT2D eigenvalue weighted by molar-refractivity contribution is -0.117. The topological polar surface area (TPSA) is 52.6 Å². The minimum atomic E-state index is -0.690. The van der Waals surface area contributed by atoms with Crippen LogP contribution in [0.3, 0.4) is 0 Å². The van der Waals surface area contributed by atoms with Crippen LogP contribution in [0.15, 0.2) is 48.5 Å². The number of amides is 1. The van der Waals surface area contributed by atoms with Gasteiger partial charge in [0.2, 0.25) is 5.91 Å². The number of halogens is 1. The van der Waals surface area contributed by atoms with Crippen LogP contribution in [0, 0.1) is 5.82 Å². The van der Waals surface area contributed by atoms with Crippen LogP contribution < -0.4 is 10.2 Å². The van der Waals surface area contributed by atoms with Crippen LogP contribution in [0.2, 0.25) is 0 Å². The van der Waals surface area contributed by atoms with Gasteiger partial charge in [-0.15, -0.1) is 0 Å². The van der Waals surface area contributed by atoms with Crippen molar-refractivity contribution in [3.05, 3.63) is 65.5 Å². The van der Waals surface area contributed by atoms with E-state index in [0.29, 0.717) is 18.5 Å². The molecule has 25 heavy (non-hydrogen) atoms. The first kappa shape index (κ1) is 17.6. The average Bonchev–Trinajstić information content (AvgIpc) is 3.06. The number of rotatable bonds is 6. The number of hydrogen-bond donors (Lipinski definition) is 2. The lowest BCUT2D eigenvalue weighted by Crippen LogP contribution is -2.25. The highest BCUT2D eigenvalue weighted by Gasteiger charge is 2.21. The molecule has 3 rings (SSSR count). The van der Waals surface area contributed by atoms with E-state index in [9.17, 15) is 14.3 Å². The van der Waals surface area contributed by atoms with Gasteiger partial charge in [0, 0.05) is 31.2 Å². The highest BCUT2D eigenvalue weighted by atomic mass is 19.1. The smallest absolute Gasteiger partial charge is 0.227 e. The van der Waals surface area contributed by atoms with Crippen LogP contribution in [0.1, 0.15) is 43.0 Å². The summed E-state index contributed by atoms with van der Waals surface area (Å²) in [6.45, 7) is 3.18. The SMILES string of the molecule is CC(NCC(O)c1ccc(F)cc1)c1ccc(N2CCCC2=O)cc1. The Kier molecular flexibility index (Phi) is 5.46. The standard InChI is InChI=1S/C20H23FN2O2/c1-14(22-13-19(24)16-4-8-17(21)9-5-16)15-6-10-18(11-7-15)23-12-2-3-20(23)25/h4-11,14,19,22,24H,2-3,12-13H2,1H3. The van der Waals surface area contributed by atoms with Gasteiger partial charge in [-0.25, -0.2) is 4.39 Å². The third kappa shape index (κ3) is 4.24. The molecule has 0 saturated carbocycles. The van der Waals surface area contributed by atoms with Crippen molar-refractivity contribution in [2.75, 3.05) is 18.0 Å². The summed E-state index contributed by atoms with van der Waals surface area (Å²) in [6, 6.07) is 13.9. The molecule has 1 aliphatic rings. The fourth-order valence-electron chi connectivity index (χ4n) is 3.07. The van der Waals surface area contributed by atoms with E-state index in [1.165, 1.54) is 12.1 Å². The average molecular weight is 342 g/mol. The highest BCUT2D eigenvalue weighted by Crippen LogP contribution is 2.24. The Balaban J connectivity index is 1.56. The Morgan fingerprint density at radius 3 is 2.36 bits per heavy atom. The van der Waals surface area contributed by atoms with Crippen LogP contribution in [0.25, 0.3) is 0 Å². The zero-order chi connectivity index (χ0) is 17.8. The molecular weight excluding hydrogens is 319 g/mol. The summed E-state index contributed by atoms with van der Waals surface area (Å²) in [7, 11) is 0. The molecule has 1 aliphatic heterocycles. The van der Waals surface area contributed by atoms with E-state index in [1.807, 2.05) is 36.1 Å². The Morgan fingerprint density at radius 1 is 1.12 bits per heavy atom. The molecule has 2 atom stereocenters. The summed E-state index contributed by atoms with van der Waals surface area (Å²) in [5.41, 5.74) is 2.70. The fraction of sp³-hybridized carbons (Fsp3) is 0.350. The quantitative estimate of drug-likeness (QED) is 0.847. The second-order valence-corrected chi connectivity index (χ2v) is 6.44. The van der Waals surface area contributed by atoms with Crippen LogP contribution in [-0.4, -0.2) is 24.1 Å². The number of carbonyl (C=O) groups excluding carboxylic acids is 1. The number of benzene rings is 2. The first-order chi connectivity index (χ1) is 12.0. The number of hydrogen-bond acceptors (Lipinski definition) is 3. The molecule has 2 unspecified atom stereocenters. The summed E-state index contributed by atoms with van der Waals surface area (Å²) in [5.74, 6) is -0.129. The third-order valence-electron chi connectivity index (χ3n) is 4.65. The Hall–Kier alpha value is -2.24. The predicted molar refractivity (Wildman–Crippen MR) is 95.8 cm³/mol. The Bertz CT molecular complexity index is 715. The van der Waals surface area contributed by atoms with E-state index in [1.54, 1.807) is 12.1 Å². The minimum Gasteiger partial charge on any atom is -0.387 e. The van der Waals surface area contributed by atoms with Crippen molar-refractivity contribution in [3.63, 3.8) is 0 Å². The van der Waals surface area contributed by atoms with Gasteiger partial charge in [0.15, 0.2) is 0 Å². The molecule has 0 bridgehead atoms. The van der Waals surface area contributed by atoms with Crippen LogP contribution in [-0.2, 0) is 4.79 Å². The molecule has 2 aromatic carbocycles. The molecular formula is C20H23FN2O2. The second-order valence-electron chi connectivity index (χ2n) is 6.44. The highest BCUT2D eigenvalue weighted by molar-refractivity contribution is 5.95. The van der Waals surface area contributed by atoms with E-state index in [4.69, 9.17) is 0 Å². The van der Waals surface area contributed by atoms with Gasteiger partial charge in [-0.2, -0.15) is 0 Å². The number of aliphatic hydroxyl groups is 1. The minimum absolute atomic E-state index is 0.0541. The molecule has 2 N–H and O–H groups in total. The molecule has 0 spiro atoms. The molecule has 132 valence electrons.